The Morgan fingerprint density at radius 1 is 0.638 bits per heavy atom. The van der Waals surface area contributed by atoms with E-state index < -0.39 is 18.8 Å². The van der Waals surface area contributed by atoms with E-state index >= 15 is 0 Å². The summed E-state index contributed by atoms with van der Waals surface area (Å²) < 4.78 is 51.3. The van der Waals surface area contributed by atoms with Crippen LogP contribution < -0.4 is 4.90 Å². The van der Waals surface area contributed by atoms with E-state index in [0.29, 0.717) is 11.1 Å². The van der Waals surface area contributed by atoms with E-state index in [4.69, 9.17) is 8.22 Å². The Labute approximate surface area is 349 Å². The average Bonchev–Trinajstić information content (AvgIpc) is 3.76. The van der Waals surface area contributed by atoms with Gasteiger partial charge in [-0.05, 0) is 140 Å². The predicted octanol–water partition coefficient (Wildman–Crippen LogP) is 15.2. The Kier molecular flexibility index (Phi) is 6.42. The van der Waals surface area contributed by atoms with Crippen LogP contribution in [0, 0.1) is 0 Å². The van der Waals surface area contributed by atoms with Crippen LogP contribution >= 0.6 is 0 Å². The molecule has 0 N–H and O–H groups in total. The maximum absolute atomic E-state index is 8.65. The summed E-state index contributed by atoms with van der Waals surface area (Å²) in [7, 11) is 0. The minimum Gasteiger partial charge on any atom is -0.310 e. The lowest BCUT2D eigenvalue weighted by Crippen LogP contribution is -2.16. The molecule has 0 saturated heterocycles. The molecule has 9 aromatic rings. The Morgan fingerprint density at radius 3 is 2.02 bits per heavy atom. The summed E-state index contributed by atoms with van der Waals surface area (Å²) in [5.41, 5.74) is 17.1. The van der Waals surface area contributed by atoms with Crippen molar-refractivity contribution in [1.29, 1.82) is 0 Å². The van der Waals surface area contributed by atoms with Gasteiger partial charge in [0.1, 0.15) is 0 Å². The fourth-order valence-corrected chi connectivity index (χ4v) is 9.37. The molecule has 1 heterocycles. The third kappa shape index (κ3) is 5.32. The molecule has 11 rings (SSSR count). The highest BCUT2D eigenvalue weighted by Crippen LogP contribution is 2.51. The molecular formula is C56H44N2. The smallest absolute Gasteiger partial charge is 0.0623 e. The van der Waals surface area contributed by atoms with Gasteiger partial charge in [-0.3, -0.25) is 0 Å². The van der Waals surface area contributed by atoms with Crippen LogP contribution in [0.2, 0.25) is 0 Å². The van der Waals surface area contributed by atoms with Gasteiger partial charge in [-0.15, -0.1) is 0 Å². The molecule has 1 aromatic heterocycles. The molecule has 2 aliphatic rings. The molecule has 278 valence electrons. The Morgan fingerprint density at radius 2 is 1.26 bits per heavy atom. The molecule has 0 bridgehead atoms. The zero-order chi connectivity index (χ0) is 44.3. The number of hydrogen-bond donors (Lipinski definition) is 0. The molecule has 0 aliphatic heterocycles. The van der Waals surface area contributed by atoms with Gasteiger partial charge in [-0.2, -0.15) is 0 Å². The Hall–Kier alpha value is -6.90. The fraction of sp³-hybridized carbons (Fsp3) is 0.107. The molecule has 1 unspecified atom stereocenters. The number of hydrogen-bond acceptors (Lipinski definition) is 1. The van der Waals surface area contributed by atoms with E-state index in [1.807, 2.05) is 36.4 Å². The summed E-state index contributed by atoms with van der Waals surface area (Å²) >= 11 is 0. The molecule has 0 fully saturated rings. The highest BCUT2D eigenvalue weighted by Gasteiger charge is 2.35. The summed E-state index contributed by atoms with van der Waals surface area (Å²) in [6.07, 6.45) is -1.73. The van der Waals surface area contributed by atoms with Crippen molar-refractivity contribution < 1.29 is 8.22 Å². The van der Waals surface area contributed by atoms with Crippen LogP contribution in [0.4, 0.5) is 17.1 Å². The van der Waals surface area contributed by atoms with E-state index in [1.165, 1.54) is 22.3 Å². The molecule has 0 saturated carbocycles. The minimum absolute atomic E-state index is 0.0976. The first-order valence-corrected chi connectivity index (χ1v) is 19.9. The second kappa shape index (κ2) is 13.1. The molecule has 0 radical (unpaired) electrons. The van der Waals surface area contributed by atoms with Gasteiger partial charge in [0.2, 0.25) is 0 Å². The largest absolute Gasteiger partial charge is 0.310 e. The molecule has 2 aliphatic carbocycles. The zero-order valence-corrected chi connectivity index (χ0v) is 32.6. The highest BCUT2D eigenvalue weighted by atomic mass is 15.1. The van der Waals surface area contributed by atoms with E-state index in [1.54, 1.807) is 19.1 Å². The molecule has 1 atom stereocenters. The van der Waals surface area contributed by atoms with Crippen molar-refractivity contribution in [3.63, 3.8) is 0 Å². The van der Waals surface area contributed by atoms with Crippen molar-refractivity contribution in [1.82, 2.24) is 4.57 Å². The standard InChI is InChI=1S/C56H44N2/c1-5-37-14-16-38(17-15-37)39-18-23-43(24-19-39)57(46-28-30-49-48-10-6-8-12-52(48)56(3,4)53(49)35-46)44-25-20-40(21-26-44)41-22-31-55-51(34-41)50-11-7-9-13-54(50)58(55)45-27-29-47-36(2)32-42(47)33-45/h5-31,33-36H,1,32H2,2-4H3/i1D2,5D,32D2,36D. The van der Waals surface area contributed by atoms with Crippen LogP contribution in [-0.2, 0) is 11.8 Å². The number of nitrogens with zero attached hydrogens (tertiary/aromatic N) is 2. The van der Waals surface area contributed by atoms with Gasteiger partial charge in [0.15, 0.2) is 0 Å². The lowest BCUT2D eigenvalue weighted by Gasteiger charge is -2.28. The molecule has 58 heavy (non-hydrogen) atoms. The molecule has 0 spiro atoms. The lowest BCUT2D eigenvalue weighted by molar-refractivity contribution is 0.660. The number of aromatic nitrogens is 1. The summed E-state index contributed by atoms with van der Waals surface area (Å²) in [6, 6.07) is 61.0. The van der Waals surface area contributed by atoms with Gasteiger partial charge in [0.25, 0.3) is 0 Å². The zero-order valence-electron chi connectivity index (χ0n) is 38.6. The lowest BCUT2D eigenvalue weighted by atomic mass is 9.79. The normalized spacial score (nSPS) is 18.3. The number of benzene rings is 8. The summed E-state index contributed by atoms with van der Waals surface area (Å²) in [4.78, 5) is 2.31. The van der Waals surface area contributed by atoms with E-state index in [2.05, 4.69) is 151 Å². The summed E-state index contributed by atoms with van der Waals surface area (Å²) in [6.45, 7) is 5.76. The third-order valence-electron chi connectivity index (χ3n) is 12.4. The number of anilines is 3. The van der Waals surface area contributed by atoms with E-state index in [9.17, 15) is 0 Å². The first-order chi connectivity index (χ1) is 30.7. The molecular weight excluding hydrogens is 701 g/mol. The Bertz CT molecular complexity index is 3370. The maximum atomic E-state index is 8.65. The SMILES string of the molecule is [2H]C([2H])=C([2H])c1ccc(-c2ccc(N(c3ccc(-c4ccc5c(c4)c4ccccc4n5-c4ccc5c(c4)C([2H])([2H])C5([2H])C)cc3)c3ccc4c(c3)C(C)(C)c3ccccc3-4)cc2)cc1. The third-order valence-corrected chi connectivity index (χ3v) is 12.4. The van der Waals surface area contributed by atoms with Crippen molar-refractivity contribution in [2.45, 2.75) is 38.5 Å². The molecule has 2 nitrogen and oxygen atoms in total. The number of rotatable bonds is 7. The number of fused-ring (bicyclic) bond motifs is 7. The first kappa shape index (κ1) is 28.5. The van der Waals surface area contributed by atoms with Crippen LogP contribution in [-0.4, -0.2) is 4.57 Å². The van der Waals surface area contributed by atoms with E-state index in [-0.39, 0.29) is 11.5 Å². The monoisotopic (exact) mass is 750 g/mol. The van der Waals surface area contributed by atoms with Gasteiger partial charge in [-0.25, -0.2) is 0 Å². The minimum atomic E-state index is -1.73. The maximum Gasteiger partial charge on any atom is 0.0623 e. The summed E-state index contributed by atoms with van der Waals surface area (Å²) in [5, 5.41) is 2.23. The molecule has 8 aromatic carbocycles. The predicted molar refractivity (Wildman–Crippen MR) is 246 cm³/mol. The van der Waals surface area contributed by atoms with Crippen molar-refractivity contribution in [2.24, 2.45) is 0 Å². The van der Waals surface area contributed by atoms with Gasteiger partial charge < -0.3 is 9.47 Å². The Balaban J connectivity index is 0.979. The topological polar surface area (TPSA) is 8.17 Å². The van der Waals surface area contributed by atoms with Crippen molar-refractivity contribution in [2.75, 3.05) is 4.90 Å². The van der Waals surface area contributed by atoms with Gasteiger partial charge in [0.05, 0.1) is 15.1 Å². The van der Waals surface area contributed by atoms with Crippen LogP contribution in [0.3, 0.4) is 0 Å². The molecule has 2 heteroatoms. The van der Waals surface area contributed by atoms with Crippen molar-refractivity contribution in [3.05, 3.63) is 210 Å². The highest BCUT2D eigenvalue weighted by molar-refractivity contribution is 6.10. The average molecular weight is 751 g/mol. The number of para-hydroxylation sites is 1. The van der Waals surface area contributed by atoms with Gasteiger partial charge in [0, 0.05) is 43.0 Å². The second-order valence-corrected chi connectivity index (χ2v) is 16.1. The first-order valence-electron chi connectivity index (χ1n) is 22.9. The van der Waals surface area contributed by atoms with Crippen LogP contribution in [0.1, 0.15) is 62.7 Å². The quantitative estimate of drug-likeness (QED) is 0.157. The van der Waals surface area contributed by atoms with Crippen molar-refractivity contribution in [3.8, 4) is 39.1 Å². The van der Waals surface area contributed by atoms with Gasteiger partial charge >= 0.3 is 0 Å². The second-order valence-electron chi connectivity index (χ2n) is 16.1. The van der Waals surface area contributed by atoms with Gasteiger partial charge in [-0.1, -0.05) is 143 Å². The van der Waals surface area contributed by atoms with E-state index in [0.717, 1.165) is 72.4 Å². The van der Waals surface area contributed by atoms with Crippen molar-refractivity contribution >= 4 is 44.9 Å². The molecule has 0 amide bonds. The van der Waals surface area contributed by atoms with Crippen LogP contribution in [0.25, 0.3) is 66.9 Å². The van der Waals surface area contributed by atoms with Crippen LogP contribution in [0.15, 0.2) is 182 Å². The summed E-state index contributed by atoms with van der Waals surface area (Å²) in [5.74, 6) is -1.27. The van der Waals surface area contributed by atoms with Crippen LogP contribution in [0.5, 0.6) is 0 Å². The fourth-order valence-electron chi connectivity index (χ4n) is 9.37.